The highest BCUT2D eigenvalue weighted by molar-refractivity contribution is 5.80. The molecule has 1 aliphatic carbocycles. The number of carboxylic acids is 1. The number of aryl methyl sites for hydroxylation is 1. The summed E-state index contributed by atoms with van der Waals surface area (Å²) in [6, 6.07) is 14.4. The molecule has 2 fully saturated rings. The van der Waals surface area contributed by atoms with E-state index >= 15 is 0 Å². The minimum Gasteiger partial charge on any atom is -0.496 e. The van der Waals surface area contributed by atoms with Crippen molar-refractivity contribution in [2.75, 3.05) is 66.3 Å². The lowest BCUT2D eigenvalue weighted by Crippen LogP contribution is -2.45. The molecule has 10 nitrogen and oxygen atoms in total. The average molecular weight is 631 g/mol. The van der Waals surface area contributed by atoms with Crippen molar-refractivity contribution in [2.24, 2.45) is 13.0 Å². The van der Waals surface area contributed by atoms with Crippen LogP contribution in [0, 0.1) is 5.92 Å². The van der Waals surface area contributed by atoms with E-state index in [9.17, 15) is 9.90 Å². The molecule has 0 spiro atoms. The highest BCUT2D eigenvalue weighted by atomic mass is 16.5. The lowest BCUT2D eigenvalue weighted by atomic mass is 9.76. The number of rotatable bonds is 12. The summed E-state index contributed by atoms with van der Waals surface area (Å²) in [6.45, 7) is 9.45. The first kappa shape index (κ1) is 32.4. The van der Waals surface area contributed by atoms with Crippen LogP contribution < -0.4 is 4.74 Å². The van der Waals surface area contributed by atoms with Gasteiger partial charge in [-0.1, -0.05) is 49.4 Å². The number of imidazole rings is 1. The molecule has 0 amide bonds. The van der Waals surface area contributed by atoms with E-state index in [0.29, 0.717) is 32.9 Å². The average Bonchev–Trinajstić information content (AvgIpc) is 3.40. The number of aliphatic carboxylic acids is 1. The minimum absolute atomic E-state index is 0.00899. The Balaban J connectivity index is 1.34. The number of allylic oxidation sites excluding steroid dienone is 2. The zero-order valence-electron chi connectivity index (χ0n) is 27.2. The van der Waals surface area contributed by atoms with Crippen molar-refractivity contribution in [1.29, 1.82) is 0 Å². The topological polar surface area (TPSA) is 98.5 Å². The molecule has 1 N–H and O–H groups in total. The van der Waals surface area contributed by atoms with E-state index < -0.39 is 11.6 Å². The molecule has 3 unspecified atom stereocenters. The molecule has 2 saturated heterocycles. The summed E-state index contributed by atoms with van der Waals surface area (Å²) in [4.78, 5) is 21.5. The third kappa shape index (κ3) is 6.77. The van der Waals surface area contributed by atoms with Crippen LogP contribution >= 0.6 is 0 Å². The second-order valence-corrected chi connectivity index (χ2v) is 12.5. The number of fused-ring (bicyclic) bond motifs is 1. The summed E-state index contributed by atoms with van der Waals surface area (Å²) in [5.41, 5.74) is 4.36. The van der Waals surface area contributed by atoms with Crippen LogP contribution in [0.5, 0.6) is 5.75 Å². The first-order chi connectivity index (χ1) is 22.4. The van der Waals surface area contributed by atoms with Gasteiger partial charge >= 0.3 is 5.97 Å². The van der Waals surface area contributed by atoms with Crippen molar-refractivity contribution in [1.82, 2.24) is 19.4 Å². The van der Waals surface area contributed by atoms with Crippen LogP contribution in [0.1, 0.15) is 36.7 Å². The Morgan fingerprint density at radius 1 is 1.11 bits per heavy atom. The molecule has 0 saturated carbocycles. The van der Waals surface area contributed by atoms with Gasteiger partial charge in [-0.25, -0.2) is 4.98 Å². The largest absolute Gasteiger partial charge is 0.496 e. The van der Waals surface area contributed by atoms with Gasteiger partial charge < -0.3 is 28.6 Å². The fourth-order valence-electron chi connectivity index (χ4n) is 7.08. The van der Waals surface area contributed by atoms with Crippen molar-refractivity contribution in [3.8, 4) is 5.75 Å². The van der Waals surface area contributed by atoms with Crippen molar-refractivity contribution in [3.05, 3.63) is 77.6 Å². The van der Waals surface area contributed by atoms with E-state index in [2.05, 4.69) is 76.9 Å². The van der Waals surface area contributed by atoms with Crippen LogP contribution in [0.15, 0.2) is 60.7 Å². The third-order valence-corrected chi connectivity index (χ3v) is 9.67. The van der Waals surface area contributed by atoms with Crippen LogP contribution in [-0.4, -0.2) is 103 Å². The van der Waals surface area contributed by atoms with Crippen molar-refractivity contribution in [3.63, 3.8) is 0 Å². The molecule has 3 aliphatic rings. The first-order valence-electron chi connectivity index (χ1n) is 16.4. The maximum Gasteiger partial charge on any atom is 0.305 e. The van der Waals surface area contributed by atoms with E-state index in [-0.39, 0.29) is 18.4 Å². The molecular formula is C36H46N4O6. The Kier molecular flexibility index (Phi) is 10.2. The van der Waals surface area contributed by atoms with Gasteiger partial charge in [-0.3, -0.25) is 14.6 Å². The third-order valence-electron chi connectivity index (χ3n) is 9.67. The number of benzene rings is 2. The van der Waals surface area contributed by atoms with E-state index in [4.69, 9.17) is 23.9 Å². The Bertz CT molecular complexity index is 1560. The van der Waals surface area contributed by atoms with Gasteiger partial charge in [0.2, 0.25) is 0 Å². The maximum atomic E-state index is 11.6. The normalized spacial score (nSPS) is 24.3. The summed E-state index contributed by atoms with van der Waals surface area (Å²) in [6.07, 6.45) is 7.41. The summed E-state index contributed by atoms with van der Waals surface area (Å²) in [5.74, 6) is 0.755. The van der Waals surface area contributed by atoms with Gasteiger partial charge in [0.1, 0.15) is 11.6 Å². The molecule has 10 heteroatoms. The molecule has 3 heterocycles. The molecule has 3 atom stereocenters. The SMILES string of the molecule is COc1cc2c(cc1CN1CCOCC1CC(=O)O)nc(C1(OCCCN3CCOCC3)C=CC=C(c3ccccc3)C1C)n2C. The summed E-state index contributed by atoms with van der Waals surface area (Å²) < 4.78 is 26.2. The fraction of sp³-hybridized carbons (Fsp3) is 0.500. The number of ether oxygens (including phenoxy) is 4. The Morgan fingerprint density at radius 2 is 1.89 bits per heavy atom. The monoisotopic (exact) mass is 630 g/mol. The van der Waals surface area contributed by atoms with Gasteiger partial charge in [0.15, 0.2) is 5.60 Å². The Morgan fingerprint density at radius 3 is 2.65 bits per heavy atom. The quantitative estimate of drug-likeness (QED) is 0.291. The first-order valence-corrected chi connectivity index (χ1v) is 16.4. The van der Waals surface area contributed by atoms with Gasteiger partial charge in [0, 0.05) is 70.0 Å². The van der Waals surface area contributed by atoms with Gasteiger partial charge in [-0.2, -0.15) is 0 Å². The van der Waals surface area contributed by atoms with Gasteiger partial charge in [0.05, 0.1) is 51.0 Å². The van der Waals surface area contributed by atoms with Crippen molar-refractivity contribution in [2.45, 2.75) is 38.0 Å². The van der Waals surface area contributed by atoms with Crippen LogP contribution in [0.4, 0.5) is 0 Å². The molecule has 3 aromatic rings. The van der Waals surface area contributed by atoms with E-state index in [1.165, 1.54) is 11.1 Å². The van der Waals surface area contributed by atoms with Crippen molar-refractivity contribution < 1.29 is 28.8 Å². The predicted octanol–water partition coefficient (Wildman–Crippen LogP) is 4.48. The van der Waals surface area contributed by atoms with Crippen LogP contribution in [0.3, 0.4) is 0 Å². The van der Waals surface area contributed by atoms with Crippen LogP contribution in [-0.2, 0) is 38.2 Å². The number of nitrogens with zero attached hydrogens (tertiary/aromatic N) is 4. The van der Waals surface area contributed by atoms with Gasteiger partial charge in [-0.15, -0.1) is 0 Å². The second kappa shape index (κ2) is 14.5. The lowest BCUT2D eigenvalue weighted by molar-refractivity contribution is -0.140. The standard InChI is InChI=1S/C36H46N4O6/c1-26-30(27-9-5-4-6-10-27)11-7-12-36(26,46-17-8-13-39-14-18-44-19-15-39)35-37-31-21-28(33(43-3)23-32(31)38(35)2)24-40-16-20-45-25-29(40)22-34(41)42/h4-7,9-12,21,23,26,29H,8,13-20,22,24-25H2,1-3H3,(H,41,42). The summed E-state index contributed by atoms with van der Waals surface area (Å²) >= 11 is 0. The smallest absolute Gasteiger partial charge is 0.305 e. The molecule has 246 valence electrons. The zero-order valence-corrected chi connectivity index (χ0v) is 27.2. The highest BCUT2D eigenvalue weighted by Gasteiger charge is 2.44. The minimum atomic E-state index is -0.828. The van der Waals surface area contributed by atoms with Gasteiger partial charge in [0.25, 0.3) is 0 Å². The molecule has 1 aromatic heterocycles. The molecule has 0 bridgehead atoms. The molecule has 0 radical (unpaired) electrons. The molecular weight excluding hydrogens is 584 g/mol. The molecule has 2 aliphatic heterocycles. The number of morpholine rings is 2. The molecule has 46 heavy (non-hydrogen) atoms. The number of hydrogen-bond donors (Lipinski definition) is 1. The Hall–Kier alpha value is -3.54. The summed E-state index contributed by atoms with van der Waals surface area (Å²) in [7, 11) is 3.73. The van der Waals surface area contributed by atoms with E-state index in [0.717, 1.165) is 67.4 Å². The second-order valence-electron chi connectivity index (χ2n) is 12.5. The fourth-order valence-corrected chi connectivity index (χ4v) is 7.08. The number of aromatic nitrogens is 2. The molecule has 6 rings (SSSR count). The number of hydrogen-bond acceptors (Lipinski definition) is 8. The Labute approximate surface area is 271 Å². The molecule has 2 aromatic carbocycles. The van der Waals surface area contributed by atoms with Crippen LogP contribution in [0.25, 0.3) is 16.6 Å². The zero-order chi connectivity index (χ0) is 32.1. The van der Waals surface area contributed by atoms with Crippen LogP contribution in [0.2, 0.25) is 0 Å². The predicted molar refractivity (Wildman–Crippen MR) is 177 cm³/mol. The highest BCUT2D eigenvalue weighted by Crippen LogP contribution is 2.46. The van der Waals surface area contributed by atoms with Gasteiger partial charge in [-0.05, 0) is 29.7 Å². The van der Waals surface area contributed by atoms with Crippen molar-refractivity contribution >= 4 is 22.6 Å². The number of carboxylic acid groups (broad SMARTS) is 1. The number of carbonyl (C=O) groups is 1. The summed E-state index contributed by atoms with van der Waals surface area (Å²) in [5, 5.41) is 9.48. The number of methoxy groups -OCH3 is 1. The van der Waals surface area contributed by atoms with E-state index in [1.54, 1.807) is 7.11 Å². The maximum absolute atomic E-state index is 11.6. The van der Waals surface area contributed by atoms with E-state index in [1.807, 2.05) is 12.1 Å². The lowest BCUT2D eigenvalue weighted by Gasteiger charge is -2.39.